The molecule has 0 bridgehead atoms. The molecule has 1 aromatic rings. The highest BCUT2D eigenvalue weighted by molar-refractivity contribution is 5.40. The summed E-state index contributed by atoms with van der Waals surface area (Å²) in [6, 6.07) is 2.83. The Labute approximate surface area is 80.9 Å². The third kappa shape index (κ3) is 2.19. The normalized spacial score (nSPS) is 10.8. The highest BCUT2D eigenvalue weighted by Gasteiger charge is 2.40. The maximum atomic E-state index is 12.2. The zero-order valence-corrected chi connectivity index (χ0v) is 6.95. The number of hydrogen-bond donors (Lipinski definition) is 0. The van der Waals surface area contributed by atoms with E-state index < -0.39 is 28.2 Å². The second kappa shape index (κ2) is 3.53. The van der Waals surface area contributed by atoms with Gasteiger partial charge in [0.15, 0.2) is 0 Å². The van der Waals surface area contributed by atoms with E-state index in [-0.39, 0.29) is 0 Å². The van der Waals surface area contributed by atoms with Gasteiger partial charge in [-0.3, -0.25) is 10.1 Å². The van der Waals surface area contributed by atoms with Gasteiger partial charge in [0.05, 0.1) is 4.92 Å². The van der Waals surface area contributed by atoms with Crippen LogP contribution in [0.25, 0.3) is 0 Å². The van der Waals surface area contributed by atoms with Crippen molar-refractivity contribution in [2.75, 3.05) is 0 Å². The third-order valence-electron chi connectivity index (χ3n) is 1.45. The molecule has 1 aromatic heterocycles. The molecule has 1 rings (SSSR count). The van der Waals surface area contributed by atoms with E-state index in [1.807, 2.05) is 0 Å². The average Bonchev–Trinajstić information content (AvgIpc) is 2.15. The van der Waals surface area contributed by atoms with E-state index in [1.54, 1.807) is 0 Å². The summed E-state index contributed by atoms with van der Waals surface area (Å²) < 4.78 is 36.7. The monoisotopic (exact) mass is 217 g/mol. The van der Waals surface area contributed by atoms with E-state index in [0.717, 1.165) is 6.07 Å². The van der Waals surface area contributed by atoms with E-state index in [0.29, 0.717) is 6.07 Å². The smallest absolute Gasteiger partial charge is 0.258 e. The Morgan fingerprint density at radius 1 is 1.47 bits per heavy atom. The molecule has 5 nitrogen and oxygen atoms in total. The van der Waals surface area contributed by atoms with Crippen molar-refractivity contribution in [2.24, 2.45) is 0 Å². The van der Waals surface area contributed by atoms with Crippen LogP contribution in [0.2, 0.25) is 0 Å². The van der Waals surface area contributed by atoms with Crippen LogP contribution in [-0.4, -0.2) is 9.91 Å². The fraction of sp³-hybridized carbons (Fsp3) is 0.143. The van der Waals surface area contributed by atoms with Crippen LogP contribution in [0.15, 0.2) is 12.1 Å². The number of nitro groups is 1. The van der Waals surface area contributed by atoms with Crippen LogP contribution in [0.5, 0.6) is 0 Å². The Balaban J connectivity index is 3.44. The predicted molar refractivity (Wildman–Crippen MR) is 40.6 cm³/mol. The number of pyridine rings is 1. The van der Waals surface area contributed by atoms with Crippen molar-refractivity contribution >= 4 is 5.69 Å². The molecule has 0 N–H and O–H groups in total. The molecule has 8 heteroatoms. The number of nitriles is 1. The van der Waals surface area contributed by atoms with Gasteiger partial charge in [-0.15, -0.1) is 0 Å². The topological polar surface area (TPSA) is 79.8 Å². The molecule has 0 aromatic carbocycles. The minimum Gasteiger partial charge on any atom is -0.258 e. The molecule has 0 spiro atoms. The van der Waals surface area contributed by atoms with Crippen molar-refractivity contribution in [3.63, 3.8) is 0 Å². The van der Waals surface area contributed by atoms with E-state index in [2.05, 4.69) is 4.98 Å². The van der Waals surface area contributed by atoms with Gasteiger partial charge in [-0.25, -0.2) is 4.98 Å². The predicted octanol–water partition coefficient (Wildman–Crippen LogP) is 1.88. The first-order valence-corrected chi connectivity index (χ1v) is 3.49. The van der Waals surface area contributed by atoms with Gasteiger partial charge in [0, 0.05) is 6.07 Å². The maximum absolute atomic E-state index is 12.2. The maximum Gasteiger partial charge on any atom is 0.440 e. The number of alkyl halides is 3. The Morgan fingerprint density at radius 2 is 2.07 bits per heavy atom. The second-order valence-electron chi connectivity index (χ2n) is 2.43. The minimum atomic E-state index is -4.95. The molecule has 0 radical (unpaired) electrons. The zero-order chi connectivity index (χ0) is 11.6. The molecular formula is C7H2F3N3O2. The van der Waals surface area contributed by atoms with Gasteiger partial charge < -0.3 is 0 Å². The quantitative estimate of drug-likeness (QED) is 0.531. The van der Waals surface area contributed by atoms with Crippen LogP contribution in [0, 0.1) is 21.4 Å². The van der Waals surface area contributed by atoms with Gasteiger partial charge in [0.1, 0.15) is 11.8 Å². The number of hydrogen-bond acceptors (Lipinski definition) is 4. The molecule has 0 saturated heterocycles. The van der Waals surface area contributed by atoms with Crippen LogP contribution in [0.3, 0.4) is 0 Å². The summed E-state index contributed by atoms with van der Waals surface area (Å²) in [5.41, 5.74) is -3.35. The van der Waals surface area contributed by atoms with E-state index in [1.165, 1.54) is 6.07 Å². The summed E-state index contributed by atoms with van der Waals surface area (Å²) in [6.45, 7) is 0. The Hall–Kier alpha value is -2.17. The number of halogens is 3. The molecule has 0 fully saturated rings. The first kappa shape index (κ1) is 10.9. The molecule has 78 valence electrons. The molecule has 0 aliphatic heterocycles. The van der Waals surface area contributed by atoms with Gasteiger partial charge in [-0.2, -0.15) is 18.4 Å². The van der Waals surface area contributed by atoms with Gasteiger partial charge in [-0.1, -0.05) is 0 Å². The Bertz CT molecular complexity index is 450. The van der Waals surface area contributed by atoms with Crippen molar-refractivity contribution in [1.82, 2.24) is 4.98 Å². The molecule has 0 unspecified atom stereocenters. The summed E-state index contributed by atoms with van der Waals surface area (Å²) in [5, 5.41) is 18.6. The molecule has 15 heavy (non-hydrogen) atoms. The van der Waals surface area contributed by atoms with Crippen LogP contribution in [-0.2, 0) is 6.18 Å². The molecular weight excluding hydrogens is 215 g/mol. The van der Waals surface area contributed by atoms with Crippen LogP contribution in [0.4, 0.5) is 18.9 Å². The minimum absolute atomic E-state index is 0.520. The molecule has 0 aliphatic rings. The fourth-order valence-corrected chi connectivity index (χ4v) is 0.870. The van der Waals surface area contributed by atoms with Crippen LogP contribution >= 0.6 is 0 Å². The fourth-order valence-electron chi connectivity index (χ4n) is 0.870. The molecule has 0 atom stereocenters. The highest BCUT2D eigenvalue weighted by atomic mass is 19.4. The number of rotatable bonds is 1. The lowest BCUT2D eigenvalue weighted by molar-refractivity contribution is -0.388. The van der Waals surface area contributed by atoms with Crippen molar-refractivity contribution in [1.29, 1.82) is 5.26 Å². The summed E-state index contributed by atoms with van der Waals surface area (Å²) in [4.78, 5) is 11.9. The van der Waals surface area contributed by atoms with Crippen molar-refractivity contribution in [2.45, 2.75) is 6.18 Å². The molecule has 1 heterocycles. The molecule has 0 saturated carbocycles. The second-order valence-corrected chi connectivity index (χ2v) is 2.43. The van der Waals surface area contributed by atoms with E-state index in [4.69, 9.17) is 5.26 Å². The highest BCUT2D eigenvalue weighted by Crippen LogP contribution is 2.34. The largest absolute Gasteiger partial charge is 0.440 e. The summed E-state index contributed by atoms with van der Waals surface area (Å²) >= 11 is 0. The van der Waals surface area contributed by atoms with Crippen molar-refractivity contribution in [3.8, 4) is 6.07 Å². The first-order valence-electron chi connectivity index (χ1n) is 3.49. The summed E-state index contributed by atoms with van der Waals surface area (Å²) in [6.07, 6.45) is -4.95. The average molecular weight is 217 g/mol. The van der Waals surface area contributed by atoms with Crippen LogP contribution in [0.1, 0.15) is 11.4 Å². The van der Waals surface area contributed by atoms with E-state index >= 15 is 0 Å². The number of aromatic nitrogens is 1. The zero-order valence-electron chi connectivity index (χ0n) is 6.95. The van der Waals surface area contributed by atoms with Gasteiger partial charge in [0.2, 0.25) is 5.69 Å². The van der Waals surface area contributed by atoms with Crippen molar-refractivity contribution < 1.29 is 18.1 Å². The van der Waals surface area contributed by atoms with Gasteiger partial charge in [-0.05, 0) is 6.07 Å². The first-order chi connectivity index (χ1) is 6.86. The standard InChI is InChI=1S/C7H2F3N3O2/c8-7(9,10)6-5(13(14)15)2-1-4(3-11)12-6/h1-2H. The lowest BCUT2D eigenvalue weighted by Crippen LogP contribution is -2.12. The van der Waals surface area contributed by atoms with Gasteiger partial charge >= 0.3 is 6.18 Å². The number of nitrogens with zero attached hydrogens (tertiary/aromatic N) is 3. The SMILES string of the molecule is N#Cc1ccc([N+](=O)[O-])c(C(F)(F)F)n1. The van der Waals surface area contributed by atoms with E-state index in [9.17, 15) is 23.3 Å². The summed E-state index contributed by atoms with van der Waals surface area (Å²) in [5.74, 6) is 0. The third-order valence-corrected chi connectivity index (χ3v) is 1.45. The summed E-state index contributed by atoms with van der Waals surface area (Å²) in [7, 11) is 0. The molecule has 0 aliphatic carbocycles. The van der Waals surface area contributed by atoms with Crippen molar-refractivity contribution in [3.05, 3.63) is 33.6 Å². The Kier molecular flexibility index (Phi) is 2.57. The lowest BCUT2D eigenvalue weighted by atomic mass is 10.2. The Morgan fingerprint density at radius 3 is 2.47 bits per heavy atom. The van der Waals surface area contributed by atoms with Gasteiger partial charge in [0.25, 0.3) is 5.69 Å². The lowest BCUT2D eigenvalue weighted by Gasteiger charge is -2.05. The van der Waals surface area contributed by atoms with Crippen LogP contribution < -0.4 is 0 Å². The molecule has 0 amide bonds.